The molecule has 12 heavy (non-hydrogen) atoms. The van der Waals surface area contributed by atoms with Crippen LogP contribution in [0.15, 0.2) is 12.1 Å². The zero-order valence-electron chi connectivity index (χ0n) is 6.20. The quantitative estimate of drug-likeness (QED) is 0.328. The van der Waals surface area contributed by atoms with Gasteiger partial charge < -0.3 is 0 Å². The van der Waals surface area contributed by atoms with Crippen LogP contribution in [0.2, 0.25) is 0 Å². The summed E-state index contributed by atoms with van der Waals surface area (Å²) in [6.45, 7) is 1.60. The van der Waals surface area contributed by atoms with Crippen molar-refractivity contribution in [1.29, 1.82) is 0 Å². The molecule has 0 radical (unpaired) electrons. The van der Waals surface area contributed by atoms with E-state index in [0.29, 0.717) is 0 Å². The van der Waals surface area contributed by atoms with Gasteiger partial charge in [-0.15, -0.1) is 0 Å². The summed E-state index contributed by atoms with van der Waals surface area (Å²) in [5.74, 6) is 0.133. The van der Waals surface area contributed by atoms with Crippen LogP contribution in [-0.2, 0) is 0 Å². The van der Waals surface area contributed by atoms with E-state index in [-0.39, 0.29) is 5.78 Å². The molecule has 64 valence electrons. The lowest BCUT2D eigenvalue weighted by Gasteiger charge is -2.03. The molecule has 0 N–H and O–H groups in total. The van der Waals surface area contributed by atoms with Gasteiger partial charge in [0.05, 0.1) is 0 Å². The fourth-order valence-electron chi connectivity index (χ4n) is 0.798. The molecule has 0 atom stereocenters. The number of hydrogen-bond donors (Lipinski definition) is 0. The maximum atomic E-state index is 11.1. The Kier molecular flexibility index (Phi) is 4.22. The molecule has 1 rings (SSSR count). The highest BCUT2D eigenvalue weighted by atomic mass is 127. The summed E-state index contributed by atoms with van der Waals surface area (Å²) in [4.78, 5) is 11.1. The number of hydrogen-bond acceptors (Lipinski definition) is 1. The Morgan fingerprint density at radius 1 is 1.17 bits per heavy atom. The smallest absolute Gasteiger partial charge is 0.160 e. The lowest BCUT2D eigenvalue weighted by Crippen LogP contribution is -1.99. The van der Waals surface area contributed by atoms with Crippen LogP contribution in [-0.4, -0.2) is 5.78 Å². The lowest BCUT2D eigenvalue weighted by atomic mass is 10.2. The number of ketones is 1. The van der Waals surface area contributed by atoms with Crippen LogP contribution >= 0.6 is 67.8 Å². The number of halogens is 3. The van der Waals surface area contributed by atoms with E-state index in [2.05, 4.69) is 67.8 Å². The number of rotatable bonds is 1. The zero-order chi connectivity index (χ0) is 9.30. The van der Waals surface area contributed by atoms with E-state index < -0.39 is 0 Å². The molecular formula is C8H5I3O. The first-order valence-corrected chi connectivity index (χ1v) is 6.42. The van der Waals surface area contributed by atoms with Gasteiger partial charge in [-0.05, 0) is 86.8 Å². The number of Topliss-reactive ketones (excluding diaryl/α,β-unsaturated/α-hetero) is 1. The van der Waals surface area contributed by atoms with Gasteiger partial charge in [0.25, 0.3) is 0 Å². The van der Waals surface area contributed by atoms with Crippen LogP contribution in [0.3, 0.4) is 0 Å². The van der Waals surface area contributed by atoms with Gasteiger partial charge in [0.1, 0.15) is 0 Å². The van der Waals surface area contributed by atoms with Gasteiger partial charge in [-0.2, -0.15) is 0 Å². The summed E-state index contributed by atoms with van der Waals surface area (Å²) in [5.41, 5.74) is 0.820. The Labute approximate surface area is 112 Å². The summed E-state index contributed by atoms with van der Waals surface area (Å²) in [7, 11) is 0. The molecule has 0 fully saturated rings. The van der Waals surface area contributed by atoms with Crippen molar-refractivity contribution in [3.63, 3.8) is 0 Å². The second-order valence-electron chi connectivity index (χ2n) is 2.28. The first kappa shape index (κ1) is 11.2. The van der Waals surface area contributed by atoms with Crippen LogP contribution in [0.4, 0.5) is 0 Å². The second-order valence-corrected chi connectivity index (χ2v) is 5.60. The van der Waals surface area contributed by atoms with E-state index in [1.165, 1.54) is 7.14 Å². The summed E-state index contributed by atoms with van der Waals surface area (Å²) >= 11 is 6.74. The van der Waals surface area contributed by atoms with Gasteiger partial charge in [0.15, 0.2) is 5.78 Å². The van der Waals surface area contributed by atoms with Gasteiger partial charge in [-0.3, -0.25) is 4.79 Å². The maximum absolute atomic E-state index is 11.1. The maximum Gasteiger partial charge on any atom is 0.160 e. The fourth-order valence-corrected chi connectivity index (χ4v) is 3.08. The molecule has 1 nitrogen and oxygen atoms in total. The molecule has 0 amide bonds. The second kappa shape index (κ2) is 4.54. The Morgan fingerprint density at radius 3 is 2.25 bits per heavy atom. The molecule has 0 saturated heterocycles. The number of benzene rings is 1. The lowest BCUT2D eigenvalue weighted by molar-refractivity contribution is 0.101. The normalized spacial score (nSPS) is 10.0. The van der Waals surface area contributed by atoms with Crippen molar-refractivity contribution in [2.45, 2.75) is 6.92 Å². The first-order valence-electron chi connectivity index (χ1n) is 3.18. The average Bonchev–Trinajstić information content (AvgIpc) is 2.00. The fraction of sp³-hybridized carbons (Fsp3) is 0.125. The van der Waals surface area contributed by atoms with Crippen LogP contribution < -0.4 is 0 Å². The Bertz CT molecular complexity index is 333. The summed E-state index contributed by atoms with van der Waals surface area (Å²) in [5, 5.41) is 0. The van der Waals surface area contributed by atoms with Crippen LogP contribution in [0.25, 0.3) is 0 Å². The van der Waals surface area contributed by atoms with Crippen molar-refractivity contribution in [3.05, 3.63) is 28.4 Å². The van der Waals surface area contributed by atoms with Crippen LogP contribution in [0, 0.1) is 10.7 Å². The van der Waals surface area contributed by atoms with E-state index >= 15 is 0 Å². The monoisotopic (exact) mass is 498 g/mol. The minimum atomic E-state index is 0.133. The topological polar surface area (TPSA) is 17.1 Å². The molecule has 0 aliphatic heterocycles. The number of carbonyl (C=O) groups is 1. The van der Waals surface area contributed by atoms with Gasteiger partial charge in [0.2, 0.25) is 0 Å². The van der Waals surface area contributed by atoms with Gasteiger partial charge in [-0.1, -0.05) is 0 Å². The number of carbonyl (C=O) groups excluding carboxylic acids is 1. The van der Waals surface area contributed by atoms with Crippen molar-refractivity contribution in [2.24, 2.45) is 0 Å². The highest BCUT2D eigenvalue weighted by molar-refractivity contribution is 14.1. The van der Waals surface area contributed by atoms with Crippen LogP contribution in [0.5, 0.6) is 0 Å². The molecule has 0 saturated carbocycles. The van der Waals surface area contributed by atoms with Crippen molar-refractivity contribution in [1.82, 2.24) is 0 Å². The summed E-state index contributed by atoms with van der Waals surface area (Å²) in [6, 6.07) is 3.86. The third-order valence-electron chi connectivity index (χ3n) is 1.41. The van der Waals surface area contributed by atoms with Gasteiger partial charge in [0, 0.05) is 16.3 Å². The average molecular weight is 498 g/mol. The molecule has 0 spiro atoms. The molecule has 1 aromatic carbocycles. The molecule has 0 aliphatic carbocycles. The molecule has 0 aliphatic rings. The van der Waals surface area contributed by atoms with Crippen molar-refractivity contribution in [3.8, 4) is 0 Å². The standard InChI is InChI=1S/C8H5I3O/c1-4(12)5-2-3-6(9)8(11)7(5)10/h2-3H,1H3. The van der Waals surface area contributed by atoms with Gasteiger partial charge in [-0.25, -0.2) is 0 Å². The third-order valence-corrected chi connectivity index (χ3v) is 6.62. The predicted molar refractivity (Wildman–Crippen MR) is 74.6 cm³/mol. The van der Waals surface area contributed by atoms with E-state index in [1.54, 1.807) is 6.92 Å². The molecule has 0 aromatic heterocycles. The molecular weight excluding hydrogens is 493 g/mol. The minimum Gasteiger partial charge on any atom is -0.294 e. The Morgan fingerprint density at radius 2 is 1.75 bits per heavy atom. The van der Waals surface area contributed by atoms with Crippen LogP contribution in [0.1, 0.15) is 17.3 Å². The SMILES string of the molecule is CC(=O)c1ccc(I)c(I)c1I. The first-order chi connectivity index (χ1) is 5.54. The third kappa shape index (κ3) is 2.31. The van der Waals surface area contributed by atoms with E-state index in [1.807, 2.05) is 12.1 Å². The van der Waals surface area contributed by atoms with Crippen molar-refractivity contribution in [2.75, 3.05) is 0 Å². The molecule has 0 heterocycles. The van der Waals surface area contributed by atoms with Crippen molar-refractivity contribution >= 4 is 73.6 Å². The highest BCUT2D eigenvalue weighted by Crippen LogP contribution is 2.24. The van der Waals surface area contributed by atoms with Gasteiger partial charge >= 0.3 is 0 Å². The largest absolute Gasteiger partial charge is 0.294 e. The zero-order valence-corrected chi connectivity index (χ0v) is 12.7. The molecule has 4 heteroatoms. The predicted octanol–water partition coefficient (Wildman–Crippen LogP) is 3.70. The van der Waals surface area contributed by atoms with Crippen molar-refractivity contribution < 1.29 is 4.79 Å². The summed E-state index contributed by atoms with van der Waals surface area (Å²) < 4.78 is 3.43. The highest BCUT2D eigenvalue weighted by Gasteiger charge is 2.09. The minimum absolute atomic E-state index is 0.133. The summed E-state index contributed by atoms with van der Waals surface area (Å²) in [6.07, 6.45) is 0. The molecule has 1 aromatic rings. The van der Waals surface area contributed by atoms with E-state index in [0.717, 1.165) is 9.13 Å². The Balaban J connectivity index is 3.36. The van der Waals surface area contributed by atoms with E-state index in [4.69, 9.17) is 0 Å². The Hall–Kier alpha value is 1.08. The van der Waals surface area contributed by atoms with E-state index in [9.17, 15) is 4.79 Å². The molecule has 0 unspecified atom stereocenters. The molecule has 0 bridgehead atoms.